The number of ether oxygens (including phenoxy) is 2. The van der Waals surface area contributed by atoms with Crippen LogP contribution in [0.1, 0.15) is 37.7 Å². The Morgan fingerprint density at radius 1 is 1.16 bits per heavy atom. The van der Waals surface area contributed by atoms with E-state index in [9.17, 15) is 0 Å². The number of benzene rings is 1. The van der Waals surface area contributed by atoms with Gasteiger partial charge in [-0.25, -0.2) is 0 Å². The Morgan fingerprint density at radius 2 is 1.96 bits per heavy atom. The van der Waals surface area contributed by atoms with Gasteiger partial charge >= 0.3 is 0 Å². The summed E-state index contributed by atoms with van der Waals surface area (Å²) in [7, 11) is 1.88. The fraction of sp³-hybridized carbons (Fsp3) is 0.632. The molecule has 1 N–H and O–H groups in total. The number of rotatable bonds is 2. The fourth-order valence-electron chi connectivity index (χ4n) is 4.03. The first kappa shape index (κ1) is 18.6. The molecule has 2 fully saturated rings. The van der Waals surface area contributed by atoms with Gasteiger partial charge in [-0.1, -0.05) is 12.5 Å². The van der Waals surface area contributed by atoms with Crippen LogP contribution in [0, 0.1) is 5.41 Å². The SMILES string of the molecule is CN=C(NCc1ccc2c(c1)OCCCO2)N1CCC2(CCC2)C1.I. The Labute approximate surface area is 167 Å². The zero-order chi connectivity index (χ0) is 16.4. The van der Waals surface area contributed by atoms with E-state index < -0.39 is 0 Å². The minimum absolute atomic E-state index is 0. The van der Waals surface area contributed by atoms with Crippen molar-refractivity contribution in [3.05, 3.63) is 23.8 Å². The molecule has 0 amide bonds. The van der Waals surface area contributed by atoms with Gasteiger partial charge in [-0.2, -0.15) is 0 Å². The third kappa shape index (κ3) is 3.99. The van der Waals surface area contributed by atoms with Gasteiger partial charge in [-0.3, -0.25) is 4.99 Å². The van der Waals surface area contributed by atoms with Gasteiger partial charge in [0.25, 0.3) is 0 Å². The van der Waals surface area contributed by atoms with Crippen molar-refractivity contribution in [3.8, 4) is 11.5 Å². The maximum atomic E-state index is 5.78. The summed E-state index contributed by atoms with van der Waals surface area (Å²) in [6.45, 7) is 4.50. The Balaban J connectivity index is 0.00000182. The molecule has 5 nitrogen and oxygen atoms in total. The number of halogens is 1. The minimum Gasteiger partial charge on any atom is -0.490 e. The molecular weight excluding hydrogens is 429 g/mol. The second kappa shape index (κ2) is 8.01. The highest BCUT2D eigenvalue weighted by Gasteiger charge is 2.43. The van der Waals surface area contributed by atoms with E-state index in [0.717, 1.165) is 56.7 Å². The van der Waals surface area contributed by atoms with E-state index in [-0.39, 0.29) is 24.0 Å². The van der Waals surface area contributed by atoms with Crippen LogP contribution < -0.4 is 14.8 Å². The highest BCUT2D eigenvalue weighted by atomic mass is 127. The first-order valence-electron chi connectivity index (χ1n) is 9.12. The third-order valence-corrected chi connectivity index (χ3v) is 5.63. The van der Waals surface area contributed by atoms with E-state index >= 15 is 0 Å². The van der Waals surface area contributed by atoms with Crippen molar-refractivity contribution in [2.75, 3.05) is 33.4 Å². The van der Waals surface area contributed by atoms with Crippen LogP contribution in [-0.2, 0) is 6.54 Å². The lowest BCUT2D eigenvalue weighted by Gasteiger charge is -2.38. The van der Waals surface area contributed by atoms with Gasteiger partial charge in [0.1, 0.15) is 0 Å². The van der Waals surface area contributed by atoms with Gasteiger partial charge in [-0.15, -0.1) is 24.0 Å². The van der Waals surface area contributed by atoms with Gasteiger partial charge in [0.05, 0.1) is 13.2 Å². The Kier molecular flexibility index (Phi) is 5.96. The van der Waals surface area contributed by atoms with E-state index in [4.69, 9.17) is 9.47 Å². The number of nitrogens with zero attached hydrogens (tertiary/aromatic N) is 2. The molecule has 6 heteroatoms. The molecule has 25 heavy (non-hydrogen) atoms. The van der Waals surface area contributed by atoms with Crippen molar-refractivity contribution in [2.45, 2.75) is 38.6 Å². The minimum atomic E-state index is 0. The lowest BCUT2D eigenvalue weighted by molar-refractivity contribution is 0.151. The zero-order valence-electron chi connectivity index (χ0n) is 14.9. The van der Waals surface area contributed by atoms with E-state index in [1.165, 1.54) is 31.2 Å². The van der Waals surface area contributed by atoms with E-state index in [1.807, 2.05) is 13.1 Å². The monoisotopic (exact) mass is 457 g/mol. The molecule has 1 spiro atoms. The molecule has 0 radical (unpaired) electrons. The molecule has 1 aromatic carbocycles. The van der Waals surface area contributed by atoms with Gasteiger partial charge in [-0.05, 0) is 42.4 Å². The van der Waals surface area contributed by atoms with Crippen molar-refractivity contribution in [2.24, 2.45) is 10.4 Å². The Bertz CT molecular complexity index is 631. The molecule has 0 atom stereocenters. The third-order valence-electron chi connectivity index (χ3n) is 5.63. The lowest BCUT2D eigenvalue weighted by Crippen LogP contribution is -2.42. The predicted octanol–water partition coefficient (Wildman–Crippen LogP) is 3.42. The van der Waals surface area contributed by atoms with Crippen LogP contribution >= 0.6 is 24.0 Å². The van der Waals surface area contributed by atoms with E-state index in [1.54, 1.807) is 0 Å². The molecule has 0 aromatic heterocycles. The number of fused-ring (bicyclic) bond motifs is 1. The van der Waals surface area contributed by atoms with Crippen molar-refractivity contribution in [3.63, 3.8) is 0 Å². The maximum absolute atomic E-state index is 5.78. The van der Waals surface area contributed by atoms with Crippen molar-refractivity contribution < 1.29 is 9.47 Å². The summed E-state index contributed by atoms with van der Waals surface area (Å²) in [4.78, 5) is 6.91. The summed E-state index contributed by atoms with van der Waals surface area (Å²) < 4.78 is 11.5. The molecule has 1 saturated carbocycles. The van der Waals surface area contributed by atoms with Crippen LogP contribution in [0.5, 0.6) is 11.5 Å². The van der Waals surface area contributed by atoms with Gasteiger partial charge < -0.3 is 19.7 Å². The smallest absolute Gasteiger partial charge is 0.193 e. The summed E-state index contributed by atoms with van der Waals surface area (Å²) in [5.74, 6) is 2.73. The zero-order valence-corrected chi connectivity index (χ0v) is 17.3. The topological polar surface area (TPSA) is 46.1 Å². The normalized spacial score (nSPS) is 21.3. The second-order valence-corrected chi connectivity index (χ2v) is 7.26. The second-order valence-electron chi connectivity index (χ2n) is 7.26. The van der Waals surface area contributed by atoms with Crippen LogP contribution in [0.2, 0.25) is 0 Å². The van der Waals surface area contributed by atoms with Crippen LogP contribution in [0.4, 0.5) is 0 Å². The Hall–Kier alpha value is -1.18. The Morgan fingerprint density at radius 3 is 2.64 bits per heavy atom. The average molecular weight is 457 g/mol. The number of hydrogen-bond acceptors (Lipinski definition) is 3. The highest BCUT2D eigenvalue weighted by Crippen LogP contribution is 2.47. The van der Waals surface area contributed by atoms with E-state index in [2.05, 4.69) is 27.3 Å². The average Bonchev–Trinajstić information content (AvgIpc) is 2.90. The summed E-state index contributed by atoms with van der Waals surface area (Å²) in [5, 5.41) is 3.52. The molecule has 0 unspecified atom stereocenters. The quantitative estimate of drug-likeness (QED) is 0.420. The number of hydrogen-bond donors (Lipinski definition) is 1. The lowest BCUT2D eigenvalue weighted by atomic mass is 9.68. The van der Waals surface area contributed by atoms with Crippen LogP contribution in [0.15, 0.2) is 23.2 Å². The van der Waals surface area contributed by atoms with E-state index in [0.29, 0.717) is 5.41 Å². The molecule has 3 aliphatic rings. The van der Waals surface area contributed by atoms with Gasteiger partial charge in [0.15, 0.2) is 17.5 Å². The molecular formula is C19H28IN3O2. The molecule has 1 aliphatic carbocycles. The fourth-order valence-corrected chi connectivity index (χ4v) is 4.03. The maximum Gasteiger partial charge on any atom is 0.193 e. The summed E-state index contributed by atoms with van der Waals surface area (Å²) >= 11 is 0. The first-order chi connectivity index (χ1) is 11.8. The molecule has 2 heterocycles. The van der Waals surface area contributed by atoms with Crippen LogP contribution in [0.25, 0.3) is 0 Å². The van der Waals surface area contributed by atoms with Crippen LogP contribution in [0.3, 0.4) is 0 Å². The van der Waals surface area contributed by atoms with Crippen LogP contribution in [-0.4, -0.2) is 44.2 Å². The standard InChI is InChI=1S/C19H27N3O2.HI/c1-20-18(22-9-8-19(14-22)6-2-7-19)21-13-15-4-5-16-17(12-15)24-11-3-10-23-16;/h4-5,12H,2-3,6-11,13-14H2,1H3,(H,20,21);1H. The number of aliphatic imine (C=N–C) groups is 1. The summed E-state index contributed by atoms with van der Waals surface area (Å²) in [5.41, 5.74) is 1.78. The van der Waals surface area contributed by atoms with Crippen molar-refractivity contribution >= 4 is 29.9 Å². The summed E-state index contributed by atoms with van der Waals surface area (Å²) in [6.07, 6.45) is 6.44. The molecule has 138 valence electrons. The van der Waals surface area contributed by atoms with Gasteiger partial charge in [0, 0.05) is 33.1 Å². The first-order valence-corrected chi connectivity index (χ1v) is 9.12. The highest BCUT2D eigenvalue weighted by molar-refractivity contribution is 14.0. The molecule has 2 aliphatic heterocycles. The number of nitrogens with one attached hydrogen (secondary N) is 1. The molecule has 0 bridgehead atoms. The largest absolute Gasteiger partial charge is 0.490 e. The molecule has 1 aromatic rings. The van der Waals surface area contributed by atoms with Crippen molar-refractivity contribution in [1.29, 1.82) is 0 Å². The molecule has 1 saturated heterocycles. The number of likely N-dealkylation sites (tertiary alicyclic amines) is 1. The van der Waals surface area contributed by atoms with Gasteiger partial charge in [0.2, 0.25) is 0 Å². The predicted molar refractivity (Wildman–Crippen MR) is 110 cm³/mol. The summed E-state index contributed by atoms with van der Waals surface area (Å²) in [6, 6.07) is 6.20. The van der Waals surface area contributed by atoms with Crippen molar-refractivity contribution in [1.82, 2.24) is 10.2 Å². The molecule has 4 rings (SSSR count). The number of guanidine groups is 1.